The molecule has 0 radical (unpaired) electrons. The van der Waals surface area contributed by atoms with Crippen LogP contribution in [0.5, 0.6) is 0 Å². The van der Waals surface area contributed by atoms with Crippen molar-refractivity contribution in [2.45, 2.75) is 4.83 Å². The zero-order chi connectivity index (χ0) is 15.0. The first-order chi connectivity index (χ1) is 10.1. The van der Waals surface area contributed by atoms with Crippen LogP contribution in [-0.4, -0.2) is 0 Å². The van der Waals surface area contributed by atoms with E-state index in [1.54, 1.807) is 24.3 Å². The molecule has 1 atom stereocenters. The van der Waals surface area contributed by atoms with Crippen LogP contribution in [0.2, 0.25) is 10.0 Å². The Morgan fingerprint density at radius 1 is 0.857 bits per heavy atom. The normalized spacial score (nSPS) is 12.6. The lowest BCUT2D eigenvalue weighted by Gasteiger charge is -2.15. The van der Waals surface area contributed by atoms with Crippen molar-refractivity contribution >= 4 is 49.9 Å². The van der Waals surface area contributed by atoms with E-state index in [0.29, 0.717) is 15.4 Å². The van der Waals surface area contributed by atoms with Gasteiger partial charge in [-0.15, -0.1) is 0 Å². The fourth-order valence-electron chi connectivity index (χ4n) is 2.38. The Kier molecular flexibility index (Phi) is 4.21. The average Bonchev–Trinajstić information content (AvgIpc) is 2.47. The second kappa shape index (κ2) is 5.96. The fourth-order valence-corrected chi connectivity index (χ4v) is 3.83. The Bertz CT molecular complexity index is 817. The van der Waals surface area contributed by atoms with E-state index in [-0.39, 0.29) is 10.6 Å². The molecular weight excluding hydrogens is 374 g/mol. The van der Waals surface area contributed by atoms with Gasteiger partial charge in [-0.2, -0.15) is 0 Å². The van der Waals surface area contributed by atoms with E-state index in [0.717, 1.165) is 16.5 Å². The van der Waals surface area contributed by atoms with Crippen molar-refractivity contribution in [3.8, 4) is 0 Å². The number of halogens is 4. The molecule has 0 nitrogen and oxygen atoms in total. The summed E-state index contributed by atoms with van der Waals surface area (Å²) in [6.07, 6.45) is 0. The molecule has 106 valence electrons. The fraction of sp³-hybridized carbons (Fsp3) is 0.0588. The molecule has 0 spiro atoms. The minimum absolute atomic E-state index is 0.132. The Hall–Kier alpha value is -1.09. The van der Waals surface area contributed by atoms with Gasteiger partial charge in [0.25, 0.3) is 0 Å². The van der Waals surface area contributed by atoms with Crippen molar-refractivity contribution in [1.29, 1.82) is 0 Å². The maximum absolute atomic E-state index is 13.9. The van der Waals surface area contributed by atoms with E-state index >= 15 is 0 Å². The summed E-state index contributed by atoms with van der Waals surface area (Å²) in [7, 11) is 0. The lowest BCUT2D eigenvalue weighted by molar-refractivity contribution is 0.639. The number of hydrogen-bond donors (Lipinski definition) is 0. The van der Waals surface area contributed by atoms with Crippen molar-refractivity contribution in [2.75, 3.05) is 0 Å². The highest BCUT2D eigenvalue weighted by molar-refractivity contribution is 9.09. The molecule has 0 fully saturated rings. The zero-order valence-electron chi connectivity index (χ0n) is 10.8. The van der Waals surface area contributed by atoms with E-state index in [2.05, 4.69) is 15.9 Å². The second-order valence-corrected chi connectivity index (χ2v) is 6.47. The van der Waals surface area contributed by atoms with Gasteiger partial charge in [0.05, 0.1) is 4.83 Å². The minimum Gasteiger partial charge on any atom is -0.206 e. The topological polar surface area (TPSA) is 0 Å². The molecule has 0 heterocycles. The quantitative estimate of drug-likeness (QED) is 0.428. The molecule has 0 aliphatic carbocycles. The maximum Gasteiger partial charge on any atom is 0.131 e. The molecule has 3 aromatic rings. The van der Waals surface area contributed by atoms with E-state index in [9.17, 15) is 4.39 Å². The minimum atomic E-state index is -0.226. The summed E-state index contributed by atoms with van der Waals surface area (Å²) in [4.78, 5) is -0.132. The van der Waals surface area contributed by atoms with Gasteiger partial charge in [-0.1, -0.05) is 75.5 Å². The predicted molar refractivity (Wildman–Crippen MR) is 91.1 cm³/mol. The first-order valence-electron chi connectivity index (χ1n) is 6.34. The molecule has 1 unspecified atom stereocenters. The summed E-state index contributed by atoms with van der Waals surface area (Å²) in [5, 5.41) is 2.64. The van der Waals surface area contributed by atoms with Gasteiger partial charge >= 0.3 is 0 Å². The first kappa shape index (κ1) is 14.8. The largest absolute Gasteiger partial charge is 0.206 e. The first-order valence-corrected chi connectivity index (χ1v) is 8.01. The highest BCUT2D eigenvalue weighted by Gasteiger charge is 2.17. The lowest BCUT2D eigenvalue weighted by atomic mass is 9.98. The van der Waals surface area contributed by atoms with Crippen LogP contribution in [0.3, 0.4) is 0 Å². The molecule has 0 N–H and O–H groups in total. The molecule has 3 aromatic carbocycles. The Morgan fingerprint density at radius 3 is 2.24 bits per heavy atom. The Balaban J connectivity index is 2.18. The summed E-state index contributed by atoms with van der Waals surface area (Å²) >= 11 is 15.9. The smallest absolute Gasteiger partial charge is 0.131 e. The molecule has 0 amide bonds. The zero-order valence-corrected chi connectivity index (χ0v) is 13.9. The van der Waals surface area contributed by atoms with Gasteiger partial charge in [0.1, 0.15) is 5.82 Å². The number of benzene rings is 3. The van der Waals surface area contributed by atoms with E-state index in [4.69, 9.17) is 23.2 Å². The van der Waals surface area contributed by atoms with Gasteiger partial charge in [0.2, 0.25) is 0 Å². The van der Waals surface area contributed by atoms with Crippen LogP contribution in [-0.2, 0) is 0 Å². The van der Waals surface area contributed by atoms with Crippen molar-refractivity contribution in [1.82, 2.24) is 0 Å². The van der Waals surface area contributed by atoms with Crippen molar-refractivity contribution in [2.24, 2.45) is 0 Å². The van der Waals surface area contributed by atoms with Crippen LogP contribution < -0.4 is 0 Å². The van der Waals surface area contributed by atoms with Gasteiger partial charge in [-0.05, 0) is 34.7 Å². The third kappa shape index (κ3) is 2.80. The molecular formula is C17H10BrCl2F. The third-order valence-corrected chi connectivity index (χ3v) is 4.96. The lowest BCUT2D eigenvalue weighted by Crippen LogP contribution is -1.96. The average molecular weight is 384 g/mol. The van der Waals surface area contributed by atoms with E-state index in [1.165, 1.54) is 6.07 Å². The molecule has 0 aliphatic heterocycles. The summed E-state index contributed by atoms with van der Waals surface area (Å²) in [5.41, 5.74) is 1.87. The molecule has 0 bridgehead atoms. The van der Waals surface area contributed by atoms with Gasteiger partial charge < -0.3 is 0 Å². The number of hydrogen-bond acceptors (Lipinski definition) is 0. The Labute approximate surface area is 140 Å². The molecule has 0 saturated heterocycles. The van der Waals surface area contributed by atoms with E-state index in [1.807, 2.05) is 24.3 Å². The van der Waals surface area contributed by atoms with Gasteiger partial charge in [-0.25, -0.2) is 4.39 Å². The monoisotopic (exact) mass is 382 g/mol. The van der Waals surface area contributed by atoms with Crippen molar-refractivity contribution < 1.29 is 4.39 Å². The maximum atomic E-state index is 13.9. The number of fused-ring (bicyclic) bond motifs is 1. The summed E-state index contributed by atoms with van der Waals surface area (Å²) in [6.45, 7) is 0. The predicted octanol–water partition coefficient (Wildman–Crippen LogP) is 6.77. The second-order valence-electron chi connectivity index (χ2n) is 4.71. The molecule has 21 heavy (non-hydrogen) atoms. The molecule has 0 aromatic heterocycles. The highest BCUT2D eigenvalue weighted by atomic mass is 79.9. The van der Waals surface area contributed by atoms with Crippen LogP contribution in [0.4, 0.5) is 4.39 Å². The molecule has 4 heteroatoms. The number of alkyl halides is 1. The van der Waals surface area contributed by atoms with E-state index < -0.39 is 0 Å². The molecule has 0 aliphatic rings. The van der Waals surface area contributed by atoms with Gasteiger partial charge in [0, 0.05) is 15.4 Å². The summed E-state index contributed by atoms with van der Waals surface area (Å²) in [6, 6.07) is 16.0. The summed E-state index contributed by atoms with van der Waals surface area (Å²) in [5.74, 6) is -0.226. The SMILES string of the molecule is Fc1ccc(C(Br)c2ccc(Cl)cc2Cl)c2ccccc12. The number of rotatable bonds is 2. The van der Waals surface area contributed by atoms with Crippen LogP contribution >= 0.6 is 39.1 Å². The van der Waals surface area contributed by atoms with Crippen LogP contribution in [0.15, 0.2) is 54.6 Å². The van der Waals surface area contributed by atoms with Crippen LogP contribution in [0.1, 0.15) is 16.0 Å². The third-order valence-electron chi connectivity index (χ3n) is 3.41. The summed E-state index contributed by atoms with van der Waals surface area (Å²) < 4.78 is 13.9. The van der Waals surface area contributed by atoms with Crippen LogP contribution in [0.25, 0.3) is 10.8 Å². The standard InChI is InChI=1S/C17H10BrCl2F/c18-17(14-6-5-10(19)9-15(14)20)13-7-8-16(21)12-4-2-1-3-11(12)13/h1-9,17H. The van der Waals surface area contributed by atoms with Gasteiger partial charge in [-0.3, -0.25) is 0 Å². The molecule has 3 rings (SSSR count). The van der Waals surface area contributed by atoms with Gasteiger partial charge in [0.15, 0.2) is 0 Å². The van der Waals surface area contributed by atoms with Crippen LogP contribution in [0, 0.1) is 5.82 Å². The van der Waals surface area contributed by atoms with Crippen molar-refractivity contribution in [3.05, 3.63) is 81.6 Å². The molecule has 0 saturated carbocycles. The van der Waals surface area contributed by atoms with Crippen molar-refractivity contribution in [3.63, 3.8) is 0 Å². The highest BCUT2D eigenvalue weighted by Crippen LogP contribution is 2.39. The Morgan fingerprint density at radius 2 is 1.52 bits per heavy atom.